The monoisotopic (exact) mass is 300 g/mol. The SMILES string of the molecule is Cc1cscc1CNS(=O)(=O)c1ccc(N)cc1F. The number of nitrogens with one attached hydrogen (secondary N) is 1. The van der Waals surface area contributed by atoms with E-state index in [2.05, 4.69) is 4.72 Å². The van der Waals surface area contributed by atoms with Gasteiger partial charge in [0.1, 0.15) is 10.7 Å². The Hall–Kier alpha value is -1.44. The van der Waals surface area contributed by atoms with Crippen molar-refractivity contribution >= 4 is 27.0 Å². The minimum atomic E-state index is -3.88. The van der Waals surface area contributed by atoms with E-state index in [1.165, 1.54) is 17.4 Å². The molecule has 4 nitrogen and oxygen atoms in total. The van der Waals surface area contributed by atoms with Crippen molar-refractivity contribution in [2.75, 3.05) is 5.73 Å². The summed E-state index contributed by atoms with van der Waals surface area (Å²) in [5.41, 5.74) is 7.46. The summed E-state index contributed by atoms with van der Waals surface area (Å²) >= 11 is 1.49. The van der Waals surface area contributed by atoms with Crippen LogP contribution in [0.2, 0.25) is 0 Å². The third-order valence-electron chi connectivity index (χ3n) is 2.66. The Morgan fingerprint density at radius 3 is 2.68 bits per heavy atom. The van der Waals surface area contributed by atoms with Crippen molar-refractivity contribution in [1.29, 1.82) is 0 Å². The zero-order valence-electron chi connectivity index (χ0n) is 10.2. The molecule has 0 bridgehead atoms. The van der Waals surface area contributed by atoms with Crippen LogP contribution in [0.25, 0.3) is 0 Å². The Kier molecular flexibility index (Phi) is 3.88. The van der Waals surface area contributed by atoms with Crippen LogP contribution in [0, 0.1) is 12.7 Å². The molecule has 0 saturated heterocycles. The second-order valence-corrected chi connectivity index (χ2v) is 6.57. The summed E-state index contributed by atoms with van der Waals surface area (Å²) in [6.45, 7) is 2.03. The Balaban J connectivity index is 2.21. The van der Waals surface area contributed by atoms with E-state index in [1.54, 1.807) is 0 Å². The second-order valence-electron chi connectivity index (χ2n) is 4.09. The molecule has 0 saturated carbocycles. The number of nitrogens with two attached hydrogens (primary N) is 1. The summed E-state index contributed by atoms with van der Waals surface area (Å²) in [5, 5.41) is 3.78. The molecule has 0 atom stereocenters. The van der Waals surface area contributed by atoms with Crippen LogP contribution in [0.3, 0.4) is 0 Å². The standard InChI is InChI=1S/C12H13FN2O2S2/c1-8-6-18-7-9(8)5-15-19(16,17)12-3-2-10(14)4-11(12)13/h2-4,6-7,15H,5,14H2,1H3. The highest BCUT2D eigenvalue weighted by Gasteiger charge is 2.19. The van der Waals surface area contributed by atoms with Crippen LogP contribution in [-0.2, 0) is 16.6 Å². The Labute approximate surface area is 115 Å². The fourth-order valence-corrected chi connectivity index (χ4v) is 3.47. The van der Waals surface area contributed by atoms with Gasteiger partial charge in [-0.05, 0) is 47.0 Å². The summed E-state index contributed by atoms with van der Waals surface area (Å²) in [6.07, 6.45) is 0. The zero-order valence-corrected chi connectivity index (χ0v) is 11.8. The minimum absolute atomic E-state index is 0.140. The molecule has 1 heterocycles. The molecular formula is C12H13FN2O2S2. The van der Waals surface area contributed by atoms with E-state index in [0.29, 0.717) is 0 Å². The predicted molar refractivity (Wildman–Crippen MR) is 73.9 cm³/mol. The van der Waals surface area contributed by atoms with Crippen LogP contribution >= 0.6 is 11.3 Å². The average molecular weight is 300 g/mol. The normalized spacial score (nSPS) is 11.7. The van der Waals surface area contributed by atoms with Gasteiger partial charge < -0.3 is 5.73 Å². The lowest BCUT2D eigenvalue weighted by atomic mass is 10.2. The number of aryl methyl sites for hydroxylation is 1. The van der Waals surface area contributed by atoms with E-state index >= 15 is 0 Å². The van der Waals surface area contributed by atoms with Crippen molar-refractivity contribution in [1.82, 2.24) is 4.72 Å². The first-order chi connectivity index (χ1) is 8.90. The van der Waals surface area contributed by atoms with Gasteiger partial charge in [0.25, 0.3) is 0 Å². The molecule has 0 amide bonds. The number of sulfonamides is 1. The lowest BCUT2D eigenvalue weighted by Crippen LogP contribution is -2.24. The zero-order chi connectivity index (χ0) is 14.0. The Morgan fingerprint density at radius 1 is 1.37 bits per heavy atom. The van der Waals surface area contributed by atoms with Gasteiger partial charge in [-0.1, -0.05) is 0 Å². The highest BCUT2D eigenvalue weighted by Crippen LogP contribution is 2.18. The molecule has 0 aliphatic heterocycles. The highest BCUT2D eigenvalue weighted by atomic mass is 32.2. The molecule has 2 aromatic rings. The third-order valence-corrected chi connectivity index (χ3v) is 5.00. The number of benzene rings is 1. The van der Waals surface area contributed by atoms with Gasteiger partial charge in [-0.15, -0.1) is 0 Å². The number of anilines is 1. The second kappa shape index (κ2) is 5.28. The van der Waals surface area contributed by atoms with Crippen molar-refractivity contribution in [3.05, 3.63) is 45.9 Å². The van der Waals surface area contributed by atoms with Gasteiger partial charge >= 0.3 is 0 Å². The summed E-state index contributed by atoms with van der Waals surface area (Å²) in [7, 11) is -3.88. The molecule has 2 rings (SSSR count). The summed E-state index contributed by atoms with van der Waals surface area (Å²) in [4.78, 5) is -0.394. The van der Waals surface area contributed by atoms with Crippen LogP contribution in [0.15, 0.2) is 33.9 Å². The van der Waals surface area contributed by atoms with E-state index in [9.17, 15) is 12.8 Å². The molecule has 7 heteroatoms. The van der Waals surface area contributed by atoms with Crippen LogP contribution in [0.5, 0.6) is 0 Å². The molecule has 0 radical (unpaired) electrons. The third kappa shape index (κ3) is 3.12. The van der Waals surface area contributed by atoms with Gasteiger partial charge in [-0.25, -0.2) is 17.5 Å². The molecule has 3 N–H and O–H groups in total. The largest absolute Gasteiger partial charge is 0.399 e. The molecule has 0 unspecified atom stereocenters. The topological polar surface area (TPSA) is 72.2 Å². The first-order valence-electron chi connectivity index (χ1n) is 5.46. The maximum Gasteiger partial charge on any atom is 0.243 e. The Morgan fingerprint density at radius 2 is 2.11 bits per heavy atom. The number of rotatable bonds is 4. The fraction of sp³-hybridized carbons (Fsp3) is 0.167. The number of halogens is 1. The van der Waals surface area contributed by atoms with Crippen molar-refractivity contribution < 1.29 is 12.8 Å². The van der Waals surface area contributed by atoms with E-state index in [0.717, 1.165) is 23.3 Å². The smallest absolute Gasteiger partial charge is 0.243 e. The van der Waals surface area contributed by atoms with E-state index in [-0.39, 0.29) is 12.2 Å². The molecule has 1 aromatic carbocycles. The van der Waals surface area contributed by atoms with Crippen molar-refractivity contribution in [3.8, 4) is 0 Å². The van der Waals surface area contributed by atoms with Crippen molar-refractivity contribution in [2.24, 2.45) is 0 Å². The van der Waals surface area contributed by atoms with E-state index < -0.39 is 20.7 Å². The minimum Gasteiger partial charge on any atom is -0.399 e. The fourth-order valence-electron chi connectivity index (χ4n) is 1.55. The van der Waals surface area contributed by atoms with Gasteiger partial charge in [-0.2, -0.15) is 11.3 Å². The summed E-state index contributed by atoms with van der Waals surface area (Å²) in [5.74, 6) is -0.852. The summed E-state index contributed by atoms with van der Waals surface area (Å²) in [6, 6.07) is 3.51. The lowest BCUT2D eigenvalue weighted by molar-refractivity contribution is 0.557. The molecule has 0 fully saturated rings. The van der Waals surface area contributed by atoms with Crippen LogP contribution in [0.4, 0.5) is 10.1 Å². The highest BCUT2D eigenvalue weighted by molar-refractivity contribution is 7.89. The molecule has 102 valence electrons. The van der Waals surface area contributed by atoms with E-state index in [4.69, 9.17) is 5.73 Å². The van der Waals surface area contributed by atoms with Crippen molar-refractivity contribution in [3.63, 3.8) is 0 Å². The average Bonchev–Trinajstić information content (AvgIpc) is 2.72. The van der Waals surface area contributed by atoms with Gasteiger partial charge in [0.05, 0.1) is 0 Å². The molecule has 0 aliphatic carbocycles. The molecule has 0 aliphatic rings. The predicted octanol–water partition coefficient (Wildman–Crippen LogP) is 2.26. The lowest BCUT2D eigenvalue weighted by Gasteiger charge is -2.08. The first kappa shape index (κ1) is 14.0. The maximum absolute atomic E-state index is 13.6. The maximum atomic E-state index is 13.6. The van der Waals surface area contributed by atoms with Crippen LogP contribution in [0.1, 0.15) is 11.1 Å². The molecule has 0 spiro atoms. The summed E-state index contributed by atoms with van der Waals surface area (Å²) < 4.78 is 39.9. The molecule has 19 heavy (non-hydrogen) atoms. The molecular weight excluding hydrogens is 287 g/mol. The Bertz CT molecular complexity index is 696. The van der Waals surface area contributed by atoms with Gasteiger partial charge in [0.2, 0.25) is 10.0 Å². The number of hydrogen-bond acceptors (Lipinski definition) is 4. The van der Waals surface area contributed by atoms with Crippen LogP contribution < -0.4 is 10.5 Å². The van der Waals surface area contributed by atoms with E-state index in [1.807, 2.05) is 17.7 Å². The van der Waals surface area contributed by atoms with Gasteiger partial charge in [0.15, 0.2) is 0 Å². The van der Waals surface area contributed by atoms with Crippen molar-refractivity contribution in [2.45, 2.75) is 18.4 Å². The number of thiophene rings is 1. The van der Waals surface area contributed by atoms with Crippen LogP contribution in [-0.4, -0.2) is 8.42 Å². The first-order valence-corrected chi connectivity index (χ1v) is 7.89. The van der Waals surface area contributed by atoms with Gasteiger partial charge in [0, 0.05) is 12.2 Å². The number of nitrogen functional groups attached to an aromatic ring is 1. The van der Waals surface area contributed by atoms with Gasteiger partial charge in [-0.3, -0.25) is 0 Å². The number of hydrogen-bond donors (Lipinski definition) is 2. The molecule has 1 aromatic heterocycles. The quantitative estimate of drug-likeness (QED) is 0.851.